The number of carbonyl (C=O) groups excluding carboxylic acids is 3. The average molecular weight is 417 g/mol. The topological polar surface area (TPSA) is 80.7 Å². The van der Waals surface area contributed by atoms with Crippen LogP contribution in [0.2, 0.25) is 0 Å². The molecule has 3 fully saturated rings. The molecule has 166 valence electrons. The summed E-state index contributed by atoms with van der Waals surface area (Å²) >= 11 is 0. The lowest BCUT2D eigenvalue weighted by molar-refractivity contribution is -0.165. The van der Waals surface area contributed by atoms with Gasteiger partial charge in [-0.05, 0) is 73.8 Å². The molecular weight excluding hydrogens is 380 g/mol. The van der Waals surface area contributed by atoms with Crippen molar-refractivity contribution in [3.63, 3.8) is 0 Å². The molecule has 0 spiro atoms. The summed E-state index contributed by atoms with van der Waals surface area (Å²) in [5, 5.41) is 11.1. The van der Waals surface area contributed by atoms with E-state index in [0.29, 0.717) is 12.3 Å². The molecule has 4 aliphatic rings. The smallest absolute Gasteiger partial charge is 0.308 e. The molecule has 0 heterocycles. The van der Waals surface area contributed by atoms with Gasteiger partial charge in [-0.25, -0.2) is 0 Å². The molecule has 5 heteroatoms. The predicted octanol–water partition coefficient (Wildman–Crippen LogP) is 3.87. The summed E-state index contributed by atoms with van der Waals surface area (Å²) < 4.78 is 5.95. The number of Topliss-reactive ketones (excluding diaryl/α,β-unsaturated/α-hetero) is 1. The average Bonchev–Trinajstić information content (AvgIpc) is 3.01. The fraction of sp³-hybridized carbons (Fsp3) is 0.800. The van der Waals surface area contributed by atoms with Crippen LogP contribution in [0.3, 0.4) is 0 Å². The number of ketones is 2. The fourth-order valence-electron chi connectivity index (χ4n) is 7.67. The van der Waals surface area contributed by atoms with E-state index in [4.69, 9.17) is 4.74 Å². The number of hydrogen-bond donors (Lipinski definition) is 1. The molecule has 3 saturated carbocycles. The third-order valence-corrected chi connectivity index (χ3v) is 9.29. The zero-order chi connectivity index (χ0) is 22.0. The maximum atomic E-state index is 12.5. The predicted molar refractivity (Wildman–Crippen MR) is 112 cm³/mol. The van der Waals surface area contributed by atoms with Crippen LogP contribution < -0.4 is 0 Å². The van der Waals surface area contributed by atoms with Gasteiger partial charge in [-0.3, -0.25) is 14.4 Å². The van der Waals surface area contributed by atoms with E-state index in [1.54, 1.807) is 13.0 Å². The maximum Gasteiger partial charge on any atom is 0.308 e. The Balaban J connectivity index is 1.75. The monoisotopic (exact) mass is 416 g/mol. The van der Waals surface area contributed by atoms with Crippen LogP contribution in [0.15, 0.2) is 11.6 Å². The van der Waals surface area contributed by atoms with Crippen LogP contribution >= 0.6 is 0 Å². The third-order valence-electron chi connectivity index (χ3n) is 9.29. The van der Waals surface area contributed by atoms with E-state index in [-0.39, 0.29) is 53.0 Å². The van der Waals surface area contributed by atoms with Crippen LogP contribution in [-0.4, -0.2) is 34.9 Å². The van der Waals surface area contributed by atoms with Crippen LogP contribution in [0.5, 0.6) is 0 Å². The molecule has 0 aliphatic heterocycles. The van der Waals surface area contributed by atoms with Gasteiger partial charge in [0.05, 0.1) is 12.0 Å². The van der Waals surface area contributed by atoms with Crippen molar-refractivity contribution >= 4 is 17.5 Å². The molecule has 0 aromatic carbocycles. The highest BCUT2D eigenvalue weighted by Gasteiger charge is 2.63. The summed E-state index contributed by atoms with van der Waals surface area (Å²) in [4.78, 5) is 37.2. The Morgan fingerprint density at radius 3 is 2.50 bits per heavy atom. The van der Waals surface area contributed by atoms with Gasteiger partial charge >= 0.3 is 5.97 Å². The summed E-state index contributed by atoms with van der Waals surface area (Å²) in [5.41, 5.74) is 0.229. The van der Waals surface area contributed by atoms with Crippen molar-refractivity contribution < 1.29 is 24.2 Å². The Labute approximate surface area is 179 Å². The van der Waals surface area contributed by atoms with E-state index in [9.17, 15) is 19.5 Å². The minimum absolute atomic E-state index is 0.0212. The Morgan fingerprint density at radius 1 is 1.17 bits per heavy atom. The zero-order valence-corrected chi connectivity index (χ0v) is 18.9. The van der Waals surface area contributed by atoms with Gasteiger partial charge in [0.1, 0.15) is 11.9 Å². The number of aliphatic hydroxyl groups excluding tert-OH is 1. The van der Waals surface area contributed by atoms with Crippen molar-refractivity contribution in [3.05, 3.63) is 11.6 Å². The quantitative estimate of drug-likeness (QED) is 0.707. The molecule has 1 unspecified atom stereocenters. The molecule has 4 aliphatic carbocycles. The van der Waals surface area contributed by atoms with Gasteiger partial charge in [0.2, 0.25) is 0 Å². The lowest BCUT2D eigenvalue weighted by Gasteiger charge is -2.60. The molecule has 0 aromatic heterocycles. The van der Waals surface area contributed by atoms with E-state index < -0.39 is 17.6 Å². The number of esters is 1. The Hall–Kier alpha value is -1.49. The Kier molecular flexibility index (Phi) is 5.28. The van der Waals surface area contributed by atoms with Crippen LogP contribution in [0.1, 0.15) is 73.1 Å². The lowest BCUT2D eigenvalue weighted by Crippen LogP contribution is -2.59. The van der Waals surface area contributed by atoms with Gasteiger partial charge in [-0.1, -0.05) is 27.7 Å². The molecule has 0 radical (unpaired) electrons. The molecule has 5 nitrogen and oxygen atoms in total. The van der Waals surface area contributed by atoms with Crippen molar-refractivity contribution in [3.8, 4) is 0 Å². The highest BCUT2D eigenvalue weighted by atomic mass is 16.5. The lowest BCUT2D eigenvalue weighted by atomic mass is 9.45. The van der Waals surface area contributed by atoms with E-state index in [0.717, 1.165) is 31.3 Å². The first-order valence-electron chi connectivity index (χ1n) is 11.6. The molecule has 1 N–H and O–H groups in total. The number of aliphatic hydroxyl groups is 1. The minimum atomic E-state index is -0.757. The highest BCUT2D eigenvalue weighted by Crippen LogP contribution is 2.67. The summed E-state index contributed by atoms with van der Waals surface area (Å²) in [5.74, 6) is 0.693. The first-order valence-corrected chi connectivity index (χ1v) is 11.6. The number of fused-ring (bicyclic) bond motifs is 5. The van der Waals surface area contributed by atoms with E-state index in [2.05, 4.69) is 13.8 Å². The first kappa shape index (κ1) is 21.7. The third kappa shape index (κ3) is 3.03. The van der Waals surface area contributed by atoms with Gasteiger partial charge in [-0.15, -0.1) is 0 Å². The first-order chi connectivity index (χ1) is 14.0. The highest BCUT2D eigenvalue weighted by molar-refractivity contribution is 5.92. The second kappa shape index (κ2) is 7.29. The van der Waals surface area contributed by atoms with Crippen molar-refractivity contribution in [2.24, 2.45) is 40.4 Å². The maximum absolute atomic E-state index is 12.5. The molecule has 0 aromatic rings. The molecule has 4 rings (SSSR count). The van der Waals surface area contributed by atoms with Crippen LogP contribution in [0.4, 0.5) is 0 Å². The number of ether oxygens (including phenoxy) is 1. The van der Waals surface area contributed by atoms with Crippen molar-refractivity contribution in [1.29, 1.82) is 0 Å². The fourth-order valence-corrected chi connectivity index (χ4v) is 7.67. The van der Waals surface area contributed by atoms with Crippen molar-refractivity contribution in [1.82, 2.24) is 0 Å². The molecule has 30 heavy (non-hydrogen) atoms. The molecule has 8 atom stereocenters. The summed E-state index contributed by atoms with van der Waals surface area (Å²) in [6.45, 7) is 9.69. The minimum Gasteiger partial charge on any atom is -0.458 e. The van der Waals surface area contributed by atoms with Crippen LogP contribution in [0.25, 0.3) is 0 Å². The molecular formula is C25H36O5. The van der Waals surface area contributed by atoms with Crippen LogP contribution in [-0.2, 0) is 19.1 Å². The molecule has 0 saturated heterocycles. The second-order valence-electron chi connectivity index (χ2n) is 11.0. The van der Waals surface area contributed by atoms with Gasteiger partial charge in [0.25, 0.3) is 0 Å². The second-order valence-corrected chi connectivity index (χ2v) is 11.0. The molecule has 0 amide bonds. The Bertz CT molecular complexity index is 797. The zero-order valence-electron chi connectivity index (χ0n) is 18.9. The van der Waals surface area contributed by atoms with E-state index in [1.165, 1.54) is 0 Å². The summed E-state index contributed by atoms with van der Waals surface area (Å²) in [6.07, 6.45) is 5.10. The normalized spacial score (nSPS) is 45.3. The van der Waals surface area contributed by atoms with Crippen LogP contribution in [0, 0.1) is 40.4 Å². The largest absolute Gasteiger partial charge is 0.458 e. The number of rotatable bonds is 3. The van der Waals surface area contributed by atoms with Crippen molar-refractivity contribution in [2.45, 2.75) is 85.4 Å². The van der Waals surface area contributed by atoms with Gasteiger partial charge in [0, 0.05) is 17.8 Å². The van der Waals surface area contributed by atoms with E-state index >= 15 is 0 Å². The van der Waals surface area contributed by atoms with Gasteiger partial charge < -0.3 is 9.84 Å². The van der Waals surface area contributed by atoms with Crippen molar-refractivity contribution in [2.75, 3.05) is 0 Å². The number of hydrogen-bond acceptors (Lipinski definition) is 5. The standard InChI is InChI=1S/C25H36O5/c1-13(2)23(29)30-21-12-16-18-7-6-17(14(3)26)24(18,4)9-8-19(16)25(5)20(21)10-15(27)11-22(25)28/h10,13,16-19,21-22,28H,6-9,11-12H2,1-5H3/t16-,17+,18-,19-,21-,22?,24+,25+/m0/s1. The Morgan fingerprint density at radius 2 is 1.87 bits per heavy atom. The SMILES string of the molecule is CC(=O)[C@H]1CC[C@H]2[C@@H]3C[C@H](OC(=O)C(C)C)C4=CC(=O)CC(O)[C@]4(C)[C@H]3CC[C@]12C. The summed E-state index contributed by atoms with van der Waals surface area (Å²) in [7, 11) is 0. The van der Waals surface area contributed by atoms with Gasteiger partial charge in [-0.2, -0.15) is 0 Å². The van der Waals surface area contributed by atoms with E-state index in [1.807, 2.05) is 13.8 Å². The summed E-state index contributed by atoms with van der Waals surface area (Å²) in [6, 6.07) is 0. The molecule has 0 bridgehead atoms. The number of carbonyl (C=O) groups is 3. The van der Waals surface area contributed by atoms with Gasteiger partial charge in [0.15, 0.2) is 5.78 Å².